The quantitative estimate of drug-likeness (QED) is 0.648. The van der Waals surface area contributed by atoms with E-state index in [2.05, 4.69) is 33.9 Å². The number of benzene rings is 1. The summed E-state index contributed by atoms with van der Waals surface area (Å²) in [7, 11) is -2.06. The Morgan fingerprint density at radius 2 is 1.64 bits per heavy atom. The van der Waals surface area contributed by atoms with Crippen LogP contribution in [0.5, 0.6) is 0 Å². The Morgan fingerprint density at radius 3 is 2.12 bits per heavy atom. The molecule has 1 aromatic carbocycles. The van der Waals surface area contributed by atoms with Crippen molar-refractivity contribution >= 4 is 8.32 Å². The lowest BCUT2D eigenvalue weighted by atomic mass is 9.95. The molecule has 0 heterocycles. The second-order valence-corrected chi connectivity index (χ2v) is 13.2. The molecule has 4 nitrogen and oxygen atoms in total. The predicted molar refractivity (Wildman–Crippen MR) is 105 cm³/mol. The molecule has 0 aliphatic carbocycles. The van der Waals surface area contributed by atoms with Gasteiger partial charge >= 0.3 is 0 Å². The standard InChI is InChI=1S/C20H36O4Si/c1-15(16(2)23-14-17-11-9-8-10-12-17)19(22)18(13-21)24-25(6,7)20(3,4)5/h8-12,15-16,18-19,21-22H,13-14H2,1-7H3/t15-,16+,18-,19+/m1/s1. The first-order chi connectivity index (χ1) is 11.5. The lowest BCUT2D eigenvalue weighted by Crippen LogP contribution is -2.51. The van der Waals surface area contributed by atoms with Crippen LogP contribution in [0, 0.1) is 5.92 Å². The zero-order valence-corrected chi connectivity index (χ0v) is 17.8. The van der Waals surface area contributed by atoms with E-state index in [1.54, 1.807) is 0 Å². The lowest BCUT2D eigenvalue weighted by Gasteiger charge is -2.41. The lowest BCUT2D eigenvalue weighted by molar-refractivity contribution is -0.0803. The van der Waals surface area contributed by atoms with Gasteiger partial charge in [0.2, 0.25) is 0 Å². The Bertz CT molecular complexity index is 498. The summed E-state index contributed by atoms with van der Waals surface area (Å²) in [6.45, 7) is 14.9. The minimum Gasteiger partial charge on any atom is -0.409 e. The predicted octanol–water partition coefficient (Wildman–Crippen LogP) is 3.97. The summed E-state index contributed by atoms with van der Waals surface area (Å²) >= 11 is 0. The van der Waals surface area contributed by atoms with Crippen molar-refractivity contribution in [3.05, 3.63) is 35.9 Å². The van der Waals surface area contributed by atoms with Crippen LogP contribution < -0.4 is 0 Å². The number of aliphatic hydroxyl groups excluding tert-OH is 2. The van der Waals surface area contributed by atoms with Crippen molar-refractivity contribution in [2.75, 3.05) is 6.61 Å². The molecule has 144 valence electrons. The van der Waals surface area contributed by atoms with Crippen LogP contribution >= 0.6 is 0 Å². The van der Waals surface area contributed by atoms with E-state index >= 15 is 0 Å². The molecule has 0 aliphatic heterocycles. The highest BCUT2D eigenvalue weighted by atomic mass is 28.4. The molecule has 0 bridgehead atoms. The zero-order valence-electron chi connectivity index (χ0n) is 16.8. The van der Waals surface area contributed by atoms with Crippen molar-refractivity contribution < 1.29 is 19.4 Å². The molecule has 1 rings (SSSR count). The van der Waals surface area contributed by atoms with Crippen molar-refractivity contribution in [2.24, 2.45) is 5.92 Å². The SMILES string of the molecule is C[C@@H]([C@H](O)[C@@H](CO)O[Si](C)(C)C(C)(C)C)[C@H](C)OCc1ccccc1. The Kier molecular flexibility index (Phi) is 8.29. The van der Waals surface area contributed by atoms with Gasteiger partial charge in [-0.1, -0.05) is 58.0 Å². The number of hydrogen-bond acceptors (Lipinski definition) is 4. The van der Waals surface area contributed by atoms with Gasteiger partial charge in [-0.3, -0.25) is 0 Å². The molecule has 0 unspecified atom stereocenters. The van der Waals surface area contributed by atoms with Crippen molar-refractivity contribution in [1.29, 1.82) is 0 Å². The molecule has 0 spiro atoms. The topological polar surface area (TPSA) is 58.9 Å². The van der Waals surface area contributed by atoms with Crippen molar-refractivity contribution in [1.82, 2.24) is 0 Å². The van der Waals surface area contributed by atoms with E-state index in [9.17, 15) is 10.2 Å². The average molecular weight is 369 g/mol. The van der Waals surface area contributed by atoms with Crippen LogP contribution in [0.15, 0.2) is 30.3 Å². The Balaban J connectivity index is 2.66. The maximum Gasteiger partial charge on any atom is 0.192 e. The molecule has 5 heteroatoms. The molecule has 0 saturated carbocycles. The fourth-order valence-electron chi connectivity index (χ4n) is 2.34. The molecule has 0 radical (unpaired) electrons. The highest BCUT2D eigenvalue weighted by molar-refractivity contribution is 6.74. The molecule has 0 aromatic heterocycles. The summed E-state index contributed by atoms with van der Waals surface area (Å²) in [6, 6.07) is 9.98. The van der Waals surface area contributed by atoms with E-state index in [1.165, 1.54) is 0 Å². The fraction of sp³-hybridized carbons (Fsp3) is 0.700. The normalized spacial score (nSPS) is 17.8. The third-order valence-electron chi connectivity index (χ3n) is 5.45. The van der Waals surface area contributed by atoms with Gasteiger partial charge in [0.15, 0.2) is 8.32 Å². The first-order valence-electron chi connectivity index (χ1n) is 9.12. The summed E-state index contributed by atoms with van der Waals surface area (Å²) in [5, 5.41) is 20.5. The van der Waals surface area contributed by atoms with Crippen LogP contribution in [-0.4, -0.2) is 43.4 Å². The van der Waals surface area contributed by atoms with Gasteiger partial charge in [0.05, 0.1) is 31.5 Å². The van der Waals surface area contributed by atoms with Crippen LogP contribution in [0.2, 0.25) is 18.1 Å². The summed E-state index contributed by atoms with van der Waals surface area (Å²) in [5.41, 5.74) is 1.10. The monoisotopic (exact) mass is 368 g/mol. The third kappa shape index (κ3) is 6.50. The largest absolute Gasteiger partial charge is 0.409 e. The first kappa shape index (κ1) is 22.3. The Morgan fingerprint density at radius 1 is 1.08 bits per heavy atom. The molecular weight excluding hydrogens is 332 g/mol. The van der Waals surface area contributed by atoms with Crippen molar-refractivity contribution in [2.45, 2.75) is 77.7 Å². The van der Waals surface area contributed by atoms with Gasteiger partial charge in [-0.15, -0.1) is 0 Å². The second kappa shape index (κ2) is 9.28. The minimum atomic E-state index is -2.06. The van der Waals surface area contributed by atoms with E-state index in [-0.39, 0.29) is 23.7 Å². The minimum absolute atomic E-state index is 0.0266. The first-order valence-corrected chi connectivity index (χ1v) is 12.0. The van der Waals surface area contributed by atoms with E-state index < -0.39 is 20.5 Å². The van der Waals surface area contributed by atoms with E-state index in [4.69, 9.17) is 9.16 Å². The molecule has 0 fully saturated rings. The average Bonchev–Trinajstić information content (AvgIpc) is 2.56. The zero-order chi connectivity index (χ0) is 19.3. The van der Waals surface area contributed by atoms with Gasteiger partial charge in [-0.25, -0.2) is 0 Å². The summed E-state index contributed by atoms with van der Waals surface area (Å²) in [4.78, 5) is 0. The highest BCUT2D eigenvalue weighted by Crippen LogP contribution is 2.38. The maximum absolute atomic E-state index is 10.7. The molecular formula is C20H36O4Si. The van der Waals surface area contributed by atoms with Crippen LogP contribution in [-0.2, 0) is 15.8 Å². The molecule has 0 amide bonds. The Hall–Kier alpha value is -0.723. The number of aliphatic hydroxyl groups is 2. The number of hydrogen-bond donors (Lipinski definition) is 2. The number of rotatable bonds is 9. The van der Waals surface area contributed by atoms with Crippen LogP contribution in [0.25, 0.3) is 0 Å². The molecule has 1 aromatic rings. The van der Waals surface area contributed by atoms with Gasteiger partial charge in [-0.05, 0) is 30.6 Å². The van der Waals surface area contributed by atoms with Gasteiger partial charge in [-0.2, -0.15) is 0 Å². The van der Waals surface area contributed by atoms with E-state index in [1.807, 2.05) is 44.2 Å². The number of ether oxygens (including phenoxy) is 1. The summed E-state index contributed by atoms with van der Waals surface area (Å²) in [6.07, 6.45) is -1.50. The smallest absolute Gasteiger partial charge is 0.192 e. The Labute approximate surface area is 154 Å². The molecule has 4 atom stereocenters. The van der Waals surface area contributed by atoms with E-state index in [0.29, 0.717) is 6.61 Å². The molecule has 0 saturated heterocycles. The second-order valence-electron chi connectivity index (χ2n) is 8.45. The maximum atomic E-state index is 10.7. The molecule has 0 aliphatic rings. The third-order valence-corrected chi connectivity index (χ3v) is 9.95. The fourth-order valence-corrected chi connectivity index (χ4v) is 3.66. The van der Waals surface area contributed by atoms with Crippen LogP contribution in [0.3, 0.4) is 0 Å². The molecule has 25 heavy (non-hydrogen) atoms. The van der Waals surface area contributed by atoms with Gasteiger partial charge in [0, 0.05) is 5.92 Å². The van der Waals surface area contributed by atoms with Crippen molar-refractivity contribution in [3.8, 4) is 0 Å². The van der Waals surface area contributed by atoms with Gasteiger partial charge in [0.25, 0.3) is 0 Å². The van der Waals surface area contributed by atoms with Gasteiger partial charge < -0.3 is 19.4 Å². The van der Waals surface area contributed by atoms with Crippen LogP contribution in [0.1, 0.15) is 40.2 Å². The van der Waals surface area contributed by atoms with Gasteiger partial charge in [0.1, 0.15) is 0 Å². The van der Waals surface area contributed by atoms with E-state index in [0.717, 1.165) is 5.56 Å². The molecule has 2 N–H and O–H groups in total. The highest BCUT2D eigenvalue weighted by Gasteiger charge is 2.41. The summed E-state index contributed by atoms with van der Waals surface area (Å²) in [5.74, 6) is -0.148. The summed E-state index contributed by atoms with van der Waals surface area (Å²) < 4.78 is 12.1. The van der Waals surface area contributed by atoms with Crippen molar-refractivity contribution in [3.63, 3.8) is 0 Å². The van der Waals surface area contributed by atoms with Crippen LogP contribution in [0.4, 0.5) is 0 Å².